The second kappa shape index (κ2) is 8.05. The lowest BCUT2D eigenvalue weighted by Crippen LogP contribution is -2.31. The average Bonchev–Trinajstić information content (AvgIpc) is 3.18. The van der Waals surface area contributed by atoms with Gasteiger partial charge < -0.3 is 4.90 Å². The van der Waals surface area contributed by atoms with Crippen molar-refractivity contribution in [1.29, 1.82) is 0 Å². The van der Waals surface area contributed by atoms with Gasteiger partial charge in [-0.15, -0.1) is 11.7 Å². The maximum absolute atomic E-state index is 12.8. The fourth-order valence-corrected chi connectivity index (χ4v) is 2.59. The van der Waals surface area contributed by atoms with E-state index in [1.54, 1.807) is 24.4 Å². The molecule has 3 aromatic rings. The zero-order valence-corrected chi connectivity index (χ0v) is 14.4. The second-order valence-electron chi connectivity index (χ2n) is 5.79. The number of amides is 1. The second-order valence-corrected chi connectivity index (χ2v) is 5.79. The number of para-hydroxylation sites is 1. The minimum absolute atomic E-state index is 0.0199. The summed E-state index contributed by atoms with van der Waals surface area (Å²) in [5.41, 5.74) is 1.60. The predicted molar refractivity (Wildman–Crippen MR) is 99.4 cm³/mol. The van der Waals surface area contributed by atoms with Crippen LogP contribution in [0.25, 0.3) is 5.69 Å². The van der Waals surface area contributed by atoms with Crippen LogP contribution in [0, 0.1) is 10.1 Å². The van der Waals surface area contributed by atoms with E-state index in [0.29, 0.717) is 5.56 Å². The van der Waals surface area contributed by atoms with Gasteiger partial charge in [-0.2, -0.15) is 0 Å². The minimum Gasteiger partial charge on any atom is -0.329 e. The Bertz CT molecular complexity index is 968. The van der Waals surface area contributed by atoms with Crippen LogP contribution in [0.2, 0.25) is 0 Å². The molecule has 8 heteroatoms. The summed E-state index contributed by atoms with van der Waals surface area (Å²) >= 11 is 0. The molecular weight excluding hydrogens is 346 g/mol. The quantitative estimate of drug-likeness (QED) is 0.365. The summed E-state index contributed by atoms with van der Waals surface area (Å²) in [4.78, 5) is 24.8. The van der Waals surface area contributed by atoms with Gasteiger partial charge in [-0.3, -0.25) is 14.9 Å². The van der Waals surface area contributed by atoms with Gasteiger partial charge in [0.25, 0.3) is 11.6 Å². The molecule has 1 heterocycles. The van der Waals surface area contributed by atoms with Crippen molar-refractivity contribution in [2.45, 2.75) is 6.54 Å². The Hall–Kier alpha value is -3.81. The molecule has 1 amide bonds. The Morgan fingerprint density at radius 2 is 2.00 bits per heavy atom. The molecule has 0 bridgehead atoms. The van der Waals surface area contributed by atoms with Crippen molar-refractivity contribution in [2.24, 2.45) is 0 Å². The number of benzene rings is 2. The predicted octanol–water partition coefficient (Wildman–Crippen LogP) is 3.00. The van der Waals surface area contributed by atoms with Crippen molar-refractivity contribution in [3.05, 3.63) is 94.8 Å². The molecular formula is C19H17N5O3. The Morgan fingerprint density at radius 1 is 1.22 bits per heavy atom. The van der Waals surface area contributed by atoms with E-state index in [-0.39, 0.29) is 30.4 Å². The number of nitro groups is 1. The number of non-ortho nitro benzene ring substituents is 1. The summed E-state index contributed by atoms with van der Waals surface area (Å²) in [6.07, 6.45) is 3.15. The van der Waals surface area contributed by atoms with Crippen molar-refractivity contribution in [1.82, 2.24) is 19.9 Å². The number of carbonyl (C=O) groups is 1. The molecule has 2 aromatic carbocycles. The third-order valence-corrected chi connectivity index (χ3v) is 3.86. The highest BCUT2D eigenvalue weighted by Gasteiger charge is 2.19. The van der Waals surface area contributed by atoms with Crippen LogP contribution in [0.15, 0.2) is 73.4 Å². The highest BCUT2D eigenvalue weighted by molar-refractivity contribution is 5.92. The molecule has 0 N–H and O–H groups in total. The zero-order valence-electron chi connectivity index (χ0n) is 14.4. The summed E-state index contributed by atoms with van der Waals surface area (Å²) in [6, 6.07) is 15.5. The van der Waals surface area contributed by atoms with E-state index < -0.39 is 4.92 Å². The van der Waals surface area contributed by atoms with Crippen molar-refractivity contribution >= 4 is 11.6 Å². The summed E-state index contributed by atoms with van der Waals surface area (Å²) in [5.74, 6) is -0.330. The molecule has 3 rings (SSSR count). The van der Waals surface area contributed by atoms with Crippen LogP contribution < -0.4 is 0 Å². The number of rotatable bonds is 7. The first-order valence-corrected chi connectivity index (χ1v) is 8.20. The molecule has 0 atom stereocenters. The van der Waals surface area contributed by atoms with E-state index >= 15 is 0 Å². The third kappa shape index (κ3) is 4.24. The maximum Gasteiger partial charge on any atom is 0.276 e. The lowest BCUT2D eigenvalue weighted by molar-refractivity contribution is -0.384. The molecule has 0 unspecified atom stereocenters. The van der Waals surface area contributed by atoms with Gasteiger partial charge in [-0.1, -0.05) is 41.6 Å². The highest BCUT2D eigenvalue weighted by atomic mass is 16.6. The van der Waals surface area contributed by atoms with Gasteiger partial charge in [0.1, 0.15) is 0 Å². The standard InChI is InChI=1S/C19H17N5O3/c1-2-11-22(13-15-7-6-10-17(12-15)24(26)27)19(25)18-14-23(21-20-18)16-8-4-3-5-9-16/h2-10,12,14H,1,11,13H2. The molecule has 0 aliphatic rings. The Morgan fingerprint density at radius 3 is 2.70 bits per heavy atom. The summed E-state index contributed by atoms with van der Waals surface area (Å²) < 4.78 is 1.52. The normalized spacial score (nSPS) is 10.4. The number of hydrogen-bond donors (Lipinski definition) is 0. The van der Waals surface area contributed by atoms with Gasteiger partial charge in [0.05, 0.1) is 16.8 Å². The van der Waals surface area contributed by atoms with Gasteiger partial charge in [0, 0.05) is 25.2 Å². The lowest BCUT2D eigenvalue weighted by Gasteiger charge is -2.19. The van der Waals surface area contributed by atoms with Crippen molar-refractivity contribution in [2.75, 3.05) is 6.54 Å². The molecule has 0 aliphatic heterocycles. The van der Waals surface area contributed by atoms with E-state index in [2.05, 4.69) is 16.9 Å². The van der Waals surface area contributed by atoms with Gasteiger partial charge in [-0.25, -0.2) is 4.68 Å². The Labute approximate surface area is 155 Å². The summed E-state index contributed by atoms with van der Waals surface area (Å²) in [7, 11) is 0. The van der Waals surface area contributed by atoms with Crippen LogP contribution in [0.3, 0.4) is 0 Å². The monoisotopic (exact) mass is 363 g/mol. The molecule has 8 nitrogen and oxygen atoms in total. The average molecular weight is 363 g/mol. The highest BCUT2D eigenvalue weighted by Crippen LogP contribution is 2.16. The van der Waals surface area contributed by atoms with E-state index in [4.69, 9.17) is 0 Å². The van der Waals surface area contributed by atoms with E-state index in [0.717, 1.165) is 5.69 Å². The molecule has 0 saturated carbocycles. The lowest BCUT2D eigenvalue weighted by atomic mass is 10.2. The van der Waals surface area contributed by atoms with E-state index in [1.165, 1.54) is 21.7 Å². The summed E-state index contributed by atoms with van der Waals surface area (Å²) in [6.45, 7) is 4.15. The number of aromatic nitrogens is 3. The van der Waals surface area contributed by atoms with Gasteiger partial charge in [-0.05, 0) is 17.7 Å². The third-order valence-electron chi connectivity index (χ3n) is 3.86. The first-order chi connectivity index (χ1) is 13.1. The molecule has 1 aromatic heterocycles. The van der Waals surface area contributed by atoms with Gasteiger partial charge >= 0.3 is 0 Å². The van der Waals surface area contributed by atoms with Crippen LogP contribution in [0.5, 0.6) is 0 Å². The van der Waals surface area contributed by atoms with Crippen LogP contribution >= 0.6 is 0 Å². The number of hydrogen-bond acceptors (Lipinski definition) is 5. The number of nitro benzene ring substituents is 1. The van der Waals surface area contributed by atoms with Crippen molar-refractivity contribution < 1.29 is 9.72 Å². The first-order valence-electron chi connectivity index (χ1n) is 8.20. The van der Waals surface area contributed by atoms with Crippen LogP contribution in [0.1, 0.15) is 16.1 Å². The fourth-order valence-electron chi connectivity index (χ4n) is 2.59. The molecule has 0 saturated heterocycles. The minimum atomic E-state index is -0.464. The fraction of sp³-hybridized carbons (Fsp3) is 0.105. The molecule has 0 aliphatic carbocycles. The molecule has 0 spiro atoms. The maximum atomic E-state index is 12.8. The van der Waals surface area contributed by atoms with E-state index in [1.807, 2.05) is 30.3 Å². The van der Waals surface area contributed by atoms with Crippen LogP contribution in [0.4, 0.5) is 5.69 Å². The van der Waals surface area contributed by atoms with Crippen LogP contribution in [-0.2, 0) is 6.54 Å². The SMILES string of the molecule is C=CCN(Cc1cccc([N+](=O)[O-])c1)C(=O)c1cn(-c2ccccc2)nn1. The Kier molecular flexibility index (Phi) is 5.36. The first kappa shape index (κ1) is 18.0. The van der Waals surface area contributed by atoms with Crippen LogP contribution in [-0.4, -0.2) is 37.3 Å². The topological polar surface area (TPSA) is 94.2 Å². The molecule has 0 fully saturated rings. The summed E-state index contributed by atoms with van der Waals surface area (Å²) in [5, 5.41) is 18.9. The molecule has 27 heavy (non-hydrogen) atoms. The van der Waals surface area contributed by atoms with E-state index in [9.17, 15) is 14.9 Å². The zero-order chi connectivity index (χ0) is 19.2. The van der Waals surface area contributed by atoms with Gasteiger partial charge in [0.2, 0.25) is 0 Å². The smallest absolute Gasteiger partial charge is 0.276 e. The molecule has 136 valence electrons. The Balaban J connectivity index is 1.81. The number of carbonyl (C=O) groups excluding carboxylic acids is 1. The largest absolute Gasteiger partial charge is 0.329 e. The van der Waals surface area contributed by atoms with Gasteiger partial charge in [0.15, 0.2) is 5.69 Å². The van der Waals surface area contributed by atoms with Crippen molar-refractivity contribution in [3.8, 4) is 5.69 Å². The number of nitrogens with zero attached hydrogens (tertiary/aromatic N) is 5. The van der Waals surface area contributed by atoms with Crippen molar-refractivity contribution in [3.63, 3.8) is 0 Å². The molecule has 0 radical (unpaired) electrons.